The van der Waals surface area contributed by atoms with Crippen molar-refractivity contribution >= 4 is 23.1 Å². The van der Waals surface area contributed by atoms with E-state index in [9.17, 15) is 14.9 Å². The fourth-order valence-electron chi connectivity index (χ4n) is 0.918. The lowest BCUT2D eigenvalue weighted by Gasteiger charge is -2.05. The van der Waals surface area contributed by atoms with E-state index in [1.165, 1.54) is 6.08 Å². The number of thiocarbonyl (C=S) groups is 1. The first kappa shape index (κ1) is 9.53. The summed E-state index contributed by atoms with van der Waals surface area (Å²) < 4.78 is 0. The largest absolute Gasteiger partial charge is 0.478 e. The number of carboxylic acid groups (broad SMARTS) is 1. The summed E-state index contributed by atoms with van der Waals surface area (Å²) in [6.07, 6.45) is 2.31. The molecular formula is C7H5NO4S. The highest BCUT2D eigenvalue weighted by Gasteiger charge is 2.20. The maximum absolute atomic E-state index is 10.5. The van der Waals surface area contributed by atoms with Crippen molar-refractivity contribution in [3.05, 3.63) is 33.5 Å². The number of carbonyl (C=O) groups is 1. The Kier molecular flexibility index (Phi) is 2.52. The molecule has 6 heteroatoms. The molecule has 0 saturated carbocycles. The number of carboxylic acids is 1. The number of allylic oxidation sites excluding steroid dienone is 2. The minimum absolute atomic E-state index is 0.0424. The van der Waals surface area contributed by atoms with Crippen LogP contribution in [0.25, 0.3) is 0 Å². The average Bonchev–Trinajstić information content (AvgIpc) is 2.03. The second-order valence-corrected chi connectivity index (χ2v) is 2.97. The van der Waals surface area contributed by atoms with Crippen LogP contribution in [0.3, 0.4) is 0 Å². The molecule has 0 aromatic rings. The van der Waals surface area contributed by atoms with E-state index < -0.39 is 10.9 Å². The maximum atomic E-state index is 10.5. The number of rotatable bonds is 2. The minimum atomic E-state index is -1.17. The van der Waals surface area contributed by atoms with Crippen molar-refractivity contribution in [3.8, 4) is 0 Å². The molecule has 1 aliphatic carbocycles. The van der Waals surface area contributed by atoms with Crippen molar-refractivity contribution in [2.75, 3.05) is 0 Å². The van der Waals surface area contributed by atoms with E-state index in [0.717, 1.165) is 6.08 Å². The average molecular weight is 199 g/mol. The van der Waals surface area contributed by atoms with Crippen LogP contribution in [0.4, 0.5) is 0 Å². The Morgan fingerprint density at radius 1 is 1.62 bits per heavy atom. The lowest BCUT2D eigenvalue weighted by atomic mass is 10.0. The van der Waals surface area contributed by atoms with Gasteiger partial charge in [-0.25, -0.2) is 4.79 Å². The van der Waals surface area contributed by atoms with Crippen LogP contribution in [0.5, 0.6) is 0 Å². The van der Waals surface area contributed by atoms with Gasteiger partial charge < -0.3 is 5.11 Å². The first-order valence-electron chi connectivity index (χ1n) is 3.33. The summed E-state index contributed by atoms with van der Waals surface area (Å²) in [6, 6.07) is 0. The summed E-state index contributed by atoms with van der Waals surface area (Å²) in [4.78, 5) is 20.4. The summed E-state index contributed by atoms with van der Waals surface area (Å²) >= 11 is 4.71. The Morgan fingerprint density at radius 3 is 2.69 bits per heavy atom. The van der Waals surface area contributed by atoms with E-state index in [1.807, 2.05) is 0 Å². The smallest absolute Gasteiger partial charge is 0.332 e. The number of aliphatic carboxylic acids is 1. The van der Waals surface area contributed by atoms with E-state index in [2.05, 4.69) is 0 Å². The quantitative estimate of drug-likeness (QED) is 0.406. The highest BCUT2D eigenvalue weighted by Crippen LogP contribution is 2.16. The third kappa shape index (κ3) is 2.19. The van der Waals surface area contributed by atoms with Crippen molar-refractivity contribution in [2.45, 2.75) is 6.42 Å². The number of hydrogen-bond donors (Lipinski definition) is 1. The summed E-state index contributed by atoms with van der Waals surface area (Å²) in [5.74, 6) is -1.17. The van der Waals surface area contributed by atoms with Crippen LogP contribution >= 0.6 is 12.2 Å². The first-order valence-corrected chi connectivity index (χ1v) is 3.74. The Labute approximate surface area is 78.5 Å². The maximum Gasteiger partial charge on any atom is 0.332 e. The molecule has 0 aromatic heterocycles. The van der Waals surface area contributed by atoms with Gasteiger partial charge in [-0.05, 0) is 0 Å². The molecule has 0 spiro atoms. The van der Waals surface area contributed by atoms with E-state index in [4.69, 9.17) is 17.3 Å². The molecule has 0 amide bonds. The second kappa shape index (κ2) is 3.44. The van der Waals surface area contributed by atoms with Gasteiger partial charge >= 0.3 is 5.97 Å². The number of hydrogen-bond acceptors (Lipinski definition) is 4. The van der Waals surface area contributed by atoms with Crippen LogP contribution in [-0.4, -0.2) is 20.9 Å². The van der Waals surface area contributed by atoms with Crippen molar-refractivity contribution in [2.24, 2.45) is 0 Å². The number of nitrogens with zero attached hydrogens (tertiary/aromatic N) is 1. The van der Waals surface area contributed by atoms with Crippen molar-refractivity contribution in [3.63, 3.8) is 0 Å². The highest BCUT2D eigenvalue weighted by molar-refractivity contribution is 7.80. The molecular weight excluding hydrogens is 194 g/mol. The summed E-state index contributed by atoms with van der Waals surface area (Å²) in [6.45, 7) is 0. The molecule has 1 rings (SSSR count). The SMILES string of the molecule is O=C(O)C1=CC([N+](=O)[O-])=CC(=S)C1. The van der Waals surface area contributed by atoms with Crippen LogP contribution in [0.1, 0.15) is 6.42 Å². The van der Waals surface area contributed by atoms with Gasteiger partial charge in [-0.2, -0.15) is 0 Å². The topological polar surface area (TPSA) is 80.4 Å². The zero-order valence-corrected chi connectivity index (χ0v) is 7.21. The monoisotopic (exact) mass is 199 g/mol. The normalized spacial score (nSPS) is 16.2. The van der Waals surface area contributed by atoms with Gasteiger partial charge in [0.05, 0.1) is 4.92 Å². The van der Waals surface area contributed by atoms with Gasteiger partial charge in [-0.15, -0.1) is 0 Å². The summed E-state index contributed by atoms with van der Waals surface area (Å²) in [7, 11) is 0. The Morgan fingerprint density at radius 2 is 2.23 bits per heavy atom. The molecule has 13 heavy (non-hydrogen) atoms. The molecule has 1 aliphatic rings. The Hall–Kier alpha value is -1.56. The van der Waals surface area contributed by atoms with Crippen LogP contribution < -0.4 is 0 Å². The van der Waals surface area contributed by atoms with Crippen molar-refractivity contribution in [1.29, 1.82) is 0 Å². The second-order valence-electron chi connectivity index (χ2n) is 2.44. The standard InChI is InChI=1S/C7H5NO4S/c9-7(10)4-1-5(8(11)12)3-6(13)2-4/h1,3H,2H2,(H,9,10). The van der Waals surface area contributed by atoms with Crippen LogP contribution in [0, 0.1) is 10.1 Å². The fraction of sp³-hybridized carbons (Fsp3) is 0.143. The molecule has 0 unspecified atom stereocenters. The summed E-state index contributed by atoms with van der Waals surface area (Å²) in [5.41, 5.74) is -0.312. The van der Waals surface area contributed by atoms with E-state index in [-0.39, 0.29) is 22.6 Å². The molecule has 68 valence electrons. The van der Waals surface area contributed by atoms with Gasteiger partial charge in [0.15, 0.2) is 0 Å². The highest BCUT2D eigenvalue weighted by atomic mass is 32.1. The van der Waals surface area contributed by atoms with Crippen molar-refractivity contribution < 1.29 is 14.8 Å². The van der Waals surface area contributed by atoms with Gasteiger partial charge in [-0.3, -0.25) is 10.1 Å². The third-order valence-corrected chi connectivity index (χ3v) is 1.74. The molecule has 1 N–H and O–H groups in total. The third-order valence-electron chi connectivity index (χ3n) is 1.48. The fourth-order valence-corrected chi connectivity index (χ4v) is 1.19. The molecule has 0 aliphatic heterocycles. The molecule has 0 aromatic carbocycles. The van der Waals surface area contributed by atoms with Gasteiger partial charge in [-0.1, -0.05) is 12.2 Å². The number of nitro groups is 1. The predicted octanol–water partition coefficient (Wildman–Crippen LogP) is 0.932. The molecule has 0 radical (unpaired) electrons. The molecule has 0 saturated heterocycles. The molecule has 0 atom stereocenters. The zero-order valence-electron chi connectivity index (χ0n) is 6.39. The van der Waals surface area contributed by atoms with Crippen LogP contribution in [-0.2, 0) is 4.79 Å². The molecule has 0 heterocycles. The van der Waals surface area contributed by atoms with E-state index in [1.54, 1.807) is 0 Å². The molecule has 5 nitrogen and oxygen atoms in total. The minimum Gasteiger partial charge on any atom is -0.478 e. The predicted molar refractivity (Wildman–Crippen MR) is 48.0 cm³/mol. The van der Waals surface area contributed by atoms with Crippen molar-refractivity contribution in [1.82, 2.24) is 0 Å². The molecule has 0 bridgehead atoms. The lowest BCUT2D eigenvalue weighted by Crippen LogP contribution is -2.12. The van der Waals surface area contributed by atoms with Gasteiger partial charge in [0.1, 0.15) is 0 Å². The first-order chi connectivity index (χ1) is 6.00. The Bertz CT molecular complexity index is 356. The van der Waals surface area contributed by atoms with Gasteiger partial charge in [0.25, 0.3) is 5.70 Å². The van der Waals surface area contributed by atoms with E-state index in [0.29, 0.717) is 0 Å². The molecule has 0 fully saturated rings. The van der Waals surface area contributed by atoms with Gasteiger partial charge in [0.2, 0.25) is 0 Å². The Balaban J connectivity index is 3.05. The van der Waals surface area contributed by atoms with Crippen LogP contribution in [0.2, 0.25) is 0 Å². The zero-order chi connectivity index (χ0) is 10.0. The summed E-state index contributed by atoms with van der Waals surface area (Å²) in [5, 5.41) is 18.9. The lowest BCUT2D eigenvalue weighted by molar-refractivity contribution is -0.419. The van der Waals surface area contributed by atoms with Gasteiger partial charge in [0, 0.05) is 29.0 Å². The van der Waals surface area contributed by atoms with E-state index >= 15 is 0 Å². The van der Waals surface area contributed by atoms with Crippen LogP contribution in [0.15, 0.2) is 23.4 Å².